The van der Waals surface area contributed by atoms with Crippen LogP contribution < -0.4 is 24.8 Å². The SMILES string of the molecule is CC(C)(C)c1ccc2c(c1)[cH-]c1cc(C(C)(C)C)ccc12.[C-]1=CC=CC1.[Cl-].[Cl-].[Ti+2]=[C](c1ccccc1)c1ccccc1. The molecule has 3 heteroatoms. The van der Waals surface area contributed by atoms with Crippen LogP contribution in [0.1, 0.15) is 70.2 Å². The van der Waals surface area contributed by atoms with E-state index in [1.54, 1.807) is 0 Å². The van der Waals surface area contributed by atoms with Gasteiger partial charge in [-0.1, -0.05) is 76.9 Å². The van der Waals surface area contributed by atoms with Crippen molar-refractivity contribution in [3.8, 4) is 0 Å². The second kappa shape index (κ2) is 15.7. The van der Waals surface area contributed by atoms with E-state index in [1.165, 1.54) is 47.6 Å². The predicted octanol–water partition coefficient (Wildman–Crippen LogP) is 4.42. The molecule has 42 heavy (non-hydrogen) atoms. The van der Waals surface area contributed by atoms with Gasteiger partial charge < -0.3 is 24.8 Å². The summed E-state index contributed by atoms with van der Waals surface area (Å²) < 4.78 is 1.33. The van der Waals surface area contributed by atoms with Crippen LogP contribution in [0, 0.1) is 6.08 Å². The summed E-state index contributed by atoms with van der Waals surface area (Å²) in [5.74, 6) is 0. The van der Waals surface area contributed by atoms with Crippen LogP contribution in [0.4, 0.5) is 0 Å². The molecule has 0 aromatic heterocycles. The minimum atomic E-state index is 0. The Labute approximate surface area is 277 Å². The first-order valence-corrected chi connectivity index (χ1v) is 14.9. The summed E-state index contributed by atoms with van der Waals surface area (Å²) in [6.45, 7) is 13.6. The predicted molar refractivity (Wildman–Crippen MR) is 172 cm³/mol. The van der Waals surface area contributed by atoms with E-state index in [2.05, 4.69) is 165 Å². The molecule has 0 heterocycles. The Balaban J connectivity index is 0.000000253. The van der Waals surface area contributed by atoms with Crippen LogP contribution in [-0.2, 0) is 30.8 Å². The summed E-state index contributed by atoms with van der Waals surface area (Å²) in [4.78, 5) is 0. The fraction of sp³-hybridized carbons (Fsp3) is 0.231. The molecule has 0 aliphatic heterocycles. The Hall–Kier alpha value is -2.61. The Morgan fingerprint density at radius 3 is 1.38 bits per heavy atom. The average molecular weight is 628 g/mol. The molecule has 0 radical (unpaired) electrons. The molecule has 5 aromatic carbocycles. The molecule has 0 saturated heterocycles. The van der Waals surface area contributed by atoms with Crippen molar-refractivity contribution in [2.45, 2.75) is 58.8 Å². The third-order valence-electron chi connectivity index (χ3n) is 7.15. The van der Waals surface area contributed by atoms with E-state index >= 15 is 0 Å². The zero-order valence-electron chi connectivity index (χ0n) is 25.5. The van der Waals surface area contributed by atoms with Crippen molar-refractivity contribution < 1.29 is 44.8 Å². The van der Waals surface area contributed by atoms with Gasteiger partial charge in [0.2, 0.25) is 0 Å². The quantitative estimate of drug-likeness (QED) is 0.201. The summed E-state index contributed by atoms with van der Waals surface area (Å²) in [7, 11) is 0. The molecule has 0 saturated carbocycles. The molecule has 0 spiro atoms. The molecule has 1 aliphatic carbocycles. The van der Waals surface area contributed by atoms with Gasteiger partial charge in [-0.3, -0.25) is 6.08 Å². The van der Waals surface area contributed by atoms with Gasteiger partial charge in [0.15, 0.2) is 0 Å². The standard InChI is InChI=1S/C21H25.C13H10.C5H5.2ClH.Ti/c1-20(2,3)16-7-9-18-14(12-16)11-15-13-17(21(4,5)6)8-10-19(15)18;1-3-7-12(8-4-1)11-13-9-5-2-6-10-13;1-2-4-5-3-1;;;/h7-13H,1-6H3;1-10H;1-3H,4H2;2*1H;/q-1;;-1;;;+2/p-2. The van der Waals surface area contributed by atoms with Crippen molar-refractivity contribution in [2.24, 2.45) is 0 Å². The second-order valence-corrected chi connectivity index (χ2v) is 13.1. The zero-order chi connectivity index (χ0) is 28.8. The summed E-state index contributed by atoms with van der Waals surface area (Å²) in [6.07, 6.45) is 10.0. The summed E-state index contributed by atoms with van der Waals surface area (Å²) in [6, 6.07) is 37.1. The van der Waals surface area contributed by atoms with E-state index in [1.807, 2.05) is 24.3 Å². The number of fused-ring (bicyclic) bond motifs is 3. The van der Waals surface area contributed by atoms with Crippen molar-refractivity contribution in [3.63, 3.8) is 0 Å². The topological polar surface area (TPSA) is 0 Å². The molecule has 5 aromatic rings. The Bertz CT molecular complexity index is 1510. The maximum atomic E-state index is 2.99. The van der Waals surface area contributed by atoms with E-state index in [4.69, 9.17) is 0 Å². The molecule has 0 atom stereocenters. The number of allylic oxidation sites excluding steroid dienone is 4. The maximum absolute atomic E-state index is 2.99. The van der Waals surface area contributed by atoms with Crippen molar-refractivity contribution in [3.05, 3.63) is 150 Å². The van der Waals surface area contributed by atoms with Crippen molar-refractivity contribution in [1.82, 2.24) is 0 Å². The third-order valence-corrected chi connectivity index (χ3v) is 8.05. The van der Waals surface area contributed by atoms with E-state index in [-0.39, 0.29) is 35.6 Å². The summed E-state index contributed by atoms with van der Waals surface area (Å²) in [5, 5.41) is 5.48. The molecule has 0 bridgehead atoms. The third kappa shape index (κ3) is 9.45. The first kappa shape index (κ1) is 35.6. The van der Waals surface area contributed by atoms with Gasteiger partial charge in [0, 0.05) is 0 Å². The van der Waals surface area contributed by atoms with Gasteiger partial charge in [0.05, 0.1) is 0 Å². The van der Waals surface area contributed by atoms with E-state index in [0.717, 1.165) is 6.42 Å². The van der Waals surface area contributed by atoms with Gasteiger partial charge in [-0.25, -0.2) is 12.2 Å². The molecule has 216 valence electrons. The molecule has 0 N–H and O–H groups in total. The van der Waals surface area contributed by atoms with Crippen molar-refractivity contribution >= 4 is 25.4 Å². The monoisotopic (exact) mass is 626 g/mol. The van der Waals surface area contributed by atoms with E-state index < -0.39 is 0 Å². The number of hydrogen-bond acceptors (Lipinski definition) is 0. The second-order valence-electron chi connectivity index (χ2n) is 12.4. The van der Waals surface area contributed by atoms with Crippen LogP contribution in [0.25, 0.3) is 21.5 Å². The van der Waals surface area contributed by atoms with Gasteiger partial charge in [0.1, 0.15) is 0 Å². The number of halogens is 2. The fourth-order valence-corrected chi connectivity index (χ4v) is 5.19. The molecular formula is C39H40Cl2Ti-2. The zero-order valence-corrected chi connectivity index (χ0v) is 28.6. The number of rotatable bonds is 2. The average Bonchev–Trinajstić information content (AvgIpc) is 3.64. The Kier molecular flexibility index (Phi) is 13.3. The van der Waals surface area contributed by atoms with Gasteiger partial charge in [-0.05, 0) is 10.8 Å². The van der Waals surface area contributed by atoms with Crippen LogP contribution in [0.2, 0.25) is 0 Å². The van der Waals surface area contributed by atoms with Crippen molar-refractivity contribution in [1.29, 1.82) is 0 Å². The molecule has 0 nitrogen and oxygen atoms in total. The normalized spacial score (nSPS) is 12.0. The summed E-state index contributed by atoms with van der Waals surface area (Å²) >= 11 is 2.16. The molecule has 6 rings (SSSR count). The van der Waals surface area contributed by atoms with E-state index in [9.17, 15) is 0 Å². The Morgan fingerprint density at radius 1 is 0.643 bits per heavy atom. The molecule has 0 fully saturated rings. The first-order chi connectivity index (χ1) is 19.0. The van der Waals surface area contributed by atoms with Gasteiger partial charge in [-0.15, -0.1) is 46.2 Å². The van der Waals surface area contributed by atoms with E-state index in [0.29, 0.717) is 0 Å². The fourth-order valence-electron chi connectivity index (χ4n) is 4.67. The Morgan fingerprint density at radius 2 is 1.07 bits per heavy atom. The van der Waals surface area contributed by atoms with Crippen LogP contribution in [0.15, 0.2) is 121 Å². The molecule has 1 aliphatic rings. The van der Waals surface area contributed by atoms with Crippen LogP contribution >= 0.6 is 0 Å². The number of benzene rings is 4. The first-order valence-electron chi connectivity index (χ1n) is 14.1. The molecule has 0 amide bonds. The molecule has 0 unspecified atom stereocenters. The summed E-state index contributed by atoms with van der Waals surface area (Å²) in [5.41, 5.74) is 5.79. The van der Waals surface area contributed by atoms with Crippen LogP contribution in [-0.4, -0.2) is 3.81 Å². The van der Waals surface area contributed by atoms with Gasteiger partial charge in [-0.2, -0.15) is 6.08 Å². The molecular weight excluding hydrogens is 587 g/mol. The minimum absolute atomic E-state index is 0. The van der Waals surface area contributed by atoms with Crippen molar-refractivity contribution in [2.75, 3.05) is 0 Å². The number of hydrogen-bond donors (Lipinski definition) is 0. The van der Waals surface area contributed by atoms with Gasteiger partial charge in [0.25, 0.3) is 0 Å². The van der Waals surface area contributed by atoms with Gasteiger partial charge >= 0.3 is 95.6 Å². The van der Waals surface area contributed by atoms with Crippen LogP contribution in [0.3, 0.4) is 0 Å². The van der Waals surface area contributed by atoms with Crippen LogP contribution in [0.5, 0.6) is 0 Å².